The van der Waals surface area contributed by atoms with Crippen LogP contribution in [0.15, 0.2) is 0 Å². The summed E-state index contributed by atoms with van der Waals surface area (Å²) in [5.74, 6) is 2.69. The first-order valence-electron chi connectivity index (χ1n) is 9.45. The molecule has 2 amide bonds. The van der Waals surface area contributed by atoms with Crippen LogP contribution in [0.3, 0.4) is 0 Å². The van der Waals surface area contributed by atoms with E-state index in [2.05, 4.69) is 29.2 Å². The molecule has 1 heterocycles. The van der Waals surface area contributed by atoms with Crippen LogP contribution in [0.5, 0.6) is 0 Å². The predicted octanol–water partition coefficient (Wildman–Crippen LogP) is 2.17. The number of thiol groups is 1. The molecule has 1 saturated carbocycles. The number of nitrogens with one attached hydrogen (secondary N) is 2. The van der Waals surface area contributed by atoms with Crippen LogP contribution in [0.4, 0.5) is 18.0 Å². The number of nitrogens with zero attached hydrogens (tertiary/aromatic N) is 1. The Bertz CT molecular complexity index is 741. The van der Waals surface area contributed by atoms with Crippen molar-refractivity contribution >= 4 is 28.8 Å². The molecule has 1 aliphatic carbocycles. The van der Waals surface area contributed by atoms with E-state index >= 15 is 0 Å². The summed E-state index contributed by atoms with van der Waals surface area (Å²) in [4.78, 5) is 11.9. The first kappa shape index (κ1) is 24.1. The van der Waals surface area contributed by atoms with Crippen LogP contribution in [-0.4, -0.2) is 61.6 Å². The normalized spacial score (nSPS) is 32.7. The average Bonchev–Trinajstić information content (AvgIpc) is 2.62. The van der Waals surface area contributed by atoms with Crippen molar-refractivity contribution in [3.05, 3.63) is 0 Å². The summed E-state index contributed by atoms with van der Waals surface area (Å²) in [7, 11) is -5.81. The number of likely N-dealkylation sites (tertiary alicyclic amines) is 1. The largest absolute Gasteiger partial charge is 0.528 e. The molecule has 1 saturated heterocycles. The van der Waals surface area contributed by atoms with Gasteiger partial charge < -0.3 is 10.6 Å². The van der Waals surface area contributed by atoms with Gasteiger partial charge in [-0.1, -0.05) is 4.28 Å². The van der Waals surface area contributed by atoms with Gasteiger partial charge in [-0.2, -0.15) is 34.2 Å². The monoisotopic (exact) mass is 458 g/mol. The zero-order valence-electron chi connectivity index (χ0n) is 16.1. The number of halogens is 3. The molecule has 29 heavy (non-hydrogen) atoms. The maximum Gasteiger partial charge on any atom is 0.528 e. The van der Waals surface area contributed by atoms with Crippen molar-refractivity contribution in [2.24, 2.45) is 5.92 Å². The van der Waals surface area contributed by atoms with Gasteiger partial charge in [0.1, 0.15) is 12.1 Å². The van der Waals surface area contributed by atoms with Gasteiger partial charge in [0.15, 0.2) is 6.54 Å². The van der Waals surface area contributed by atoms with Gasteiger partial charge in [0, 0.05) is 37.1 Å². The maximum atomic E-state index is 13.0. The van der Waals surface area contributed by atoms with E-state index in [1.165, 1.54) is 0 Å². The number of carbonyl (C=O) groups is 1. The van der Waals surface area contributed by atoms with Crippen molar-refractivity contribution in [3.63, 3.8) is 0 Å². The highest BCUT2D eigenvalue weighted by Gasteiger charge is 2.60. The van der Waals surface area contributed by atoms with Crippen LogP contribution in [-0.2, 0) is 14.4 Å². The Morgan fingerprint density at radius 3 is 2.59 bits per heavy atom. The number of amides is 2. The predicted molar refractivity (Wildman–Crippen MR) is 104 cm³/mol. The molecule has 0 aromatic heterocycles. The van der Waals surface area contributed by atoms with Gasteiger partial charge in [-0.15, -0.1) is 11.1 Å². The minimum atomic E-state index is -5.81. The van der Waals surface area contributed by atoms with Gasteiger partial charge in [-0.05, 0) is 32.1 Å². The number of piperidine rings is 1. The molecule has 0 spiro atoms. The van der Waals surface area contributed by atoms with Gasteiger partial charge in [0.25, 0.3) is 0 Å². The van der Waals surface area contributed by atoms with E-state index in [0.29, 0.717) is 44.4 Å². The van der Waals surface area contributed by atoms with E-state index in [9.17, 15) is 26.4 Å². The number of hydroxylamine groups is 3. The number of terminal acetylenes is 1. The highest BCUT2D eigenvalue weighted by atomic mass is 32.2. The quantitative estimate of drug-likeness (QED) is 0.247. The van der Waals surface area contributed by atoms with E-state index in [-0.39, 0.29) is 24.5 Å². The fourth-order valence-corrected chi connectivity index (χ4v) is 5.34. The molecule has 2 N–H and O–H groups in total. The Balaban J connectivity index is 2.22. The zero-order chi connectivity index (χ0) is 21.9. The molecule has 7 nitrogen and oxygen atoms in total. The summed E-state index contributed by atoms with van der Waals surface area (Å²) >= 11 is 4.02. The molecule has 5 atom stereocenters. The molecule has 5 unspecified atom stereocenters. The highest BCUT2D eigenvalue weighted by Crippen LogP contribution is 2.45. The molecule has 166 valence electrons. The molecule has 0 aromatic carbocycles. The molecule has 2 rings (SSSR count). The standard InChI is InChI=1S/C17H26F3N3O4S2/c1-3-9-23(27-29(25,26)17(18,19)20)12(2)4-5-13-11-14(6-7-15(13)23)22-16(24)21-8-10-28/h1,12-15H,4-11H2,2H3,(H2-,21,22,24,28)/p+1. The number of rotatable bonds is 6. The Morgan fingerprint density at radius 2 is 2.00 bits per heavy atom. The van der Waals surface area contributed by atoms with Crippen LogP contribution < -0.4 is 10.6 Å². The van der Waals surface area contributed by atoms with E-state index in [0.717, 1.165) is 0 Å². The van der Waals surface area contributed by atoms with Crippen molar-refractivity contribution in [2.45, 2.75) is 62.7 Å². The fourth-order valence-electron chi connectivity index (χ4n) is 4.47. The minimum Gasteiger partial charge on any atom is -0.337 e. The number of hydrogen-bond donors (Lipinski definition) is 3. The number of alkyl halides is 3. The summed E-state index contributed by atoms with van der Waals surface area (Å²) in [6, 6.07) is -1.48. The Kier molecular flexibility index (Phi) is 7.75. The third kappa shape index (κ3) is 5.31. The first-order valence-corrected chi connectivity index (χ1v) is 11.5. The third-order valence-corrected chi connectivity index (χ3v) is 7.06. The summed E-state index contributed by atoms with van der Waals surface area (Å²) in [5, 5.41) is 5.52. The summed E-state index contributed by atoms with van der Waals surface area (Å²) in [6.45, 7) is 1.80. The fraction of sp³-hybridized carbons (Fsp3) is 0.824. The molecule has 2 fully saturated rings. The van der Waals surface area contributed by atoms with Crippen molar-refractivity contribution in [2.75, 3.05) is 18.8 Å². The molecule has 0 bridgehead atoms. The molecule has 1 aliphatic heterocycles. The van der Waals surface area contributed by atoms with Gasteiger partial charge in [-0.3, -0.25) is 0 Å². The average molecular weight is 459 g/mol. The van der Waals surface area contributed by atoms with Gasteiger partial charge in [-0.25, -0.2) is 4.79 Å². The summed E-state index contributed by atoms with van der Waals surface area (Å²) in [5.41, 5.74) is -5.52. The van der Waals surface area contributed by atoms with E-state index < -0.39 is 32.4 Å². The smallest absolute Gasteiger partial charge is 0.337 e. The van der Waals surface area contributed by atoms with Crippen LogP contribution in [0.2, 0.25) is 0 Å². The molecular weight excluding hydrogens is 431 g/mol. The Hall–Kier alpha value is -1.16. The number of fused-ring (bicyclic) bond motifs is 1. The zero-order valence-corrected chi connectivity index (χ0v) is 17.8. The number of hydrogen-bond acceptors (Lipinski definition) is 5. The molecule has 0 aromatic rings. The van der Waals surface area contributed by atoms with Crippen molar-refractivity contribution in [3.8, 4) is 12.3 Å². The van der Waals surface area contributed by atoms with Crippen molar-refractivity contribution in [1.29, 1.82) is 0 Å². The minimum absolute atomic E-state index is 0.119. The number of carbonyl (C=O) groups excluding carboxylic acids is 1. The van der Waals surface area contributed by atoms with Crippen LogP contribution in [0.25, 0.3) is 0 Å². The SMILES string of the molecule is C#CC[N+]1(OS(=O)(=O)C(F)(F)F)C(C)CCC2CC(NC(=O)NCCS)CCC21. The van der Waals surface area contributed by atoms with Crippen molar-refractivity contribution < 1.29 is 35.3 Å². The molecule has 0 radical (unpaired) electrons. The third-order valence-electron chi connectivity index (χ3n) is 5.80. The highest BCUT2D eigenvalue weighted by molar-refractivity contribution is 7.87. The van der Waals surface area contributed by atoms with Crippen LogP contribution >= 0.6 is 12.6 Å². The lowest BCUT2D eigenvalue weighted by Crippen LogP contribution is -2.68. The molecule has 12 heteroatoms. The maximum absolute atomic E-state index is 13.0. The van der Waals surface area contributed by atoms with Crippen LogP contribution in [0, 0.1) is 18.3 Å². The second-order valence-electron chi connectivity index (χ2n) is 7.58. The Labute approximate surface area is 174 Å². The molecule has 2 aliphatic rings. The van der Waals surface area contributed by atoms with Gasteiger partial charge in [0.2, 0.25) is 0 Å². The molecular formula is C17H27F3N3O4S2+. The van der Waals surface area contributed by atoms with Crippen molar-refractivity contribution in [1.82, 2.24) is 10.6 Å². The number of urea groups is 1. The lowest BCUT2D eigenvalue weighted by molar-refractivity contribution is -1.12. The second kappa shape index (κ2) is 9.32. The lowest BCUT2D eigenvalue weighted by Gasteiger charge is -2.52. The van der Waals surface area contributed by atoms with Gasteiger partial charge >= 0.3 is 21.7 Å². The number of quaternary nitrogens is 1. The van der Waals surface area contributed by atoms with Gasteiger partial charge in [0.05, 0.1) is 0 Å². The van der Waals surface area contributed by atoms with Crippen LogP contribution in [0.1, 0.15) is 39.0 Å². The van der Waals surface area contributed by atoms with E-state index in [4.69, 9.17) is 10.7 Å². The summed E-state index contributed by atoms with van der Waals surface area (Å²) in [6.07, 6.45) is 7.97. The summed E-state index contributed by atoms with van der Waals surface area (Å²) < 4.78 is 66.8. The lowest BCUT2D eigenvalue weighted by atomic mass is 9.74. The van der Waals surface area contributed by atoms with E-state index in [1.807, 2.05) is 0 Å². The van der Waals surface area contributed by atoms with E-state index in [1.54, 1.807) is 6.92 Å². The first-order chi connectivity index (χ1) is 13.5. The second-order valence-corrected chi connectivity index (χ2v) is 9.55. The topological polar surface area (TPSA) is 84.5 Å². The Morgan fingerprint density at radius 1 is 1.31 bits per heavy atom.